The van der Waals surface area contributed by atoms with Gasteiger partial charge in [-0.05, 0) is 13.4 Å². The molecule has 1 rings (SSSR count). The van der Waals surface area contributed by atoms with Crippen LogP contribution in [-0.2, 0) is 4.79 Å². The van der Waals surface area contributed by atoms with Crippen LogP contribution in [0.3, 0.4) is 0 Å². The van der Waals surface area contributed by atoms with Gasteiger partial charge in [-0.15, -0.1) is 0 Å². The highest BCUT2D eigenvalue weighted by molar-refractivity contribution is 6.45. The predicted molar refractivity (Wildman–Crippen MR) is 35.0 cm³/mol. The lowest BCUT2D eigenvalue weighted by Crippen LogP contribution is -2.34. The standard InChI is InChI=1S/C5H10BNO2/c1-6(9)7-3-2-5(8)4-7/h9H,2-4H2,1H3. The van der Waals surface area contributed by atoms with E-state index in [1.54, 1.807) is 11.6 Å². The van der Waals surface area contributed by atoms with E-state index in [-0.39, 0.29) is 5.78 Å². The van der Waals surface area contributed by atoms with Gasteiger partial charge in [-0.3, -0.25) is 4.79 Å². The minimum Gasteiger partial charge on any atom is -0.437 e. The molecule has 4 heteroatoms. The van der Waals surface area contributed by atoms with Crippen molar-refractivity contribution < 1.29 is 9.82 Å². The lowest BCUT2D eigenvalue weighted by atomic mass is 9.86. The molecule has 1 N–H and O–H groups in total. The molecule has 0 aromatic rings. The lowest BCUT2D eigenvalue weighted by Gasteiger charge is -2.12. The first kappa shape index (κ1) is 6.77. The molecule has 1 heterocycles. The maximum atomic E-state index is 10.6. The topological polar surface area (TPSA) is 40.5 Å². The van der Waals surface area contributed by atoms with Crippen LogP contribution in [0.4, 0.5) is 0 Å². The molecule has 0 atom stereocenters. The maximum Gasteiger partial charge on any atom is 0.376 e. The molecule has 1 fully saturated rings. The summed E-state index contributed by atoms with van der Waals surface area (Å²) in [4.78, 5) is 12.4. The van der Waals surface area contributed by atoms with Crippen molar-refractivity contribution >= 4 is 12.8 Å². The van der Waals surface area contributed by atoms with Gasteiger partial charge in [0.25, 0.3) is 0 Å². The van der Waals surface area contributed by atoms with Crippen molar-refractivity contribution in [2.24, 2.45) is 0 Å². The van der Waals surface area contributed by atoms with Gasteiger partial charge in [-0.2, -0.15) is 0 Å². The summed E-state index contributed by atoms with van der Waals surface area (Å²) in [6.45, 7) is 2.83. The third kappa shape index (κ3) is 1.53. The van der Waals surface area contributed by atoms with E-state index in [4.69, 9.17) is 5.02 Å². The highest BCUT2D eigenvalue weighted by Crippen LogP contribution is 2.03. The molecule has 1 aliphatic heterocycles. The van der Waals surface area contributed by atoms with Crippen LogP contribution in [-0.4, -0.2) is 35.8 Å². The molecule has 0 aromatic carbocycles. The van der Waals surface area contributed by atoms with Gasteiger partial charge in [0.05, 0.1) is 0 Å². The van der Waals surface area contributed by atoms with Crippen LogP contribution in [0.15, 0.2) is 0 Å². The van der Waals surface area contributed by atoms with Gasteiger partial charge in [0.2, 0.25) is 0 Å². The number of rotatable bonds is 1. The number of nitrogens with zero attached hydrogens (tertiary/aromatic N) is 1. The van der Waals surface area contributed by atoms with Crippen molar-refractivity contribution in [2.75, 3.05) is 13.1 Å². The summed E-state index contributed by atoms with van der Waals surface area (Å²) < 4.78 is 0. The van der Waals surface area contributed by atoms with Crippen molar-refractivity contribution in [1.29, 1.82) is 0 Å². The van der Waals surface area contributed by atoms with Crippen LogP contribution in [0.5, 0.6) is 0 Å². The average Bonchev–Trinajstić information content (AvgIpc) is 2.14. The molecule has 0 spiro atoms. The van der Waals surface area contributed by atoms with Crippen molar-refractivity contribution in [3.05, 3.63) is 0 Å². The van der Waals surface area contributed by atoms with Crippen LogP contribution in [0.2, 0.25) is 6.82 Å². The van der Waals surface area contributed by atoms with E-state index in [0.717, 1.165) is 6.54 Å². The van der Waals surface area contributed by atoms with Gasteiger partial charge >= 0.3 is 7.05 Å². The van der Waals surface area contributed by atoms with Crippen molar-refractivity contribution in [3.63, 3.8) is 0 Å². The second-order valence-electron chi connectivity index (χ2n) is 2.39. The van der Waals surface area contributed by atoms with E-state index in [1.807, 2.05) is 0 Å². The SMILES string of the molecule is CB(O)N1CCC(=O)C1. The third-order valence-corrected chi connectivity index (χ3v) is 1.59. The first-order valence-electron chi connectivity index (χ1n) is 3.14. The smallest absolute Gasteiger partial charge is 0.376 e. The second-order valence-corrected chi connectivity index (χ2v) is 2.39. The number of Topliss-reactive ketones (excluding diaryl/α,β-unsaturated/α-hetero) is 1. The first-order chi connectivity index (χ1) is 4.20. The fourth-order valence-corrected chi connectivity index (χ4v) is 0.972. The molecular weight excluding hydrogens is 117 g/mol. The Morgan fingerprint density at radius 1 is 1.78 bits per heavy atom. The summed E-state index contributed by atoms with van der Waals surface area (Å²) in [7, 11) is -0.462. The number of carbonyl (C=O) groups is 1. The van der Waals surface area contributed by atoms with Gasteiger partial charge in [0, 0.05) is 13.0 Å². The molecule has 9 heavy (non-hydrogen) atoms. The van der Waals surface area contributed by atoms with Crippen molar-refractivity contribution in [3.8, 4) is 0 Å². The Morgan fingerprint density at radius 3 is 2.67 bits per heavy atom. The number of hydrogen-bond acceptors (Lipinski definition) is 3. The van der Waals surface area contributed by atoms with E-state index in [0.29, 0.717) is 13.0 Å². The van der Waals surface area contributed by atoms with E-state index in [9.17, 15) is 4.79 Å². The molecule has 1 aliphatic rings. The molecule has 0 saturated carbocycles. The zero-order valence-corrected chi connectivity index (χ0v) is 5.50. The van der Waals surface area contributed by atoms with Crippen LogP contribution in [0, 0.1) is 0 Å². The van der Waals surface area contributed by atoms with Crippen LogP contribution in [0.25, 0.3) is 0 Å². The third-order valence-electron chi connectivity index (χ3n) is 1.59. The minimum absolute atomic E-state index is 0.232. The summed E-state index contributed by atoms with van der Waals surface area (Å²) in [5.41, 5.74) is 0. The molecule has 0 radical (unpaired) electrons. The fraction of sp³-hybridized carbons (Fsp3) is 0.800. The molecule has 0 amide bonds. The minimum atomic E-state index is -0.462. The van der Waals surface area contributed by atoms with Gasteiger partial charge < -0.3 is 9.83 Å². The molecular formula is C5H10BNO2. The van der Waals surface area contributed by atoms with Gasteiger partial charge in [0.15, 0.2) is 0 Å². The van der Waals surface area contributed by atoms with Gasteiger partial charge in [-0.25, -0.2) is 0 Å². The molecule has 0 aliphatic carbocycles. The largest absolute Gasteiger partial charge is 0.437 e. The molecule has 0 aromatic heterocycles. The molecule has 0 bridgehead atoms. The first-order valence-corrected chi connectivity index (χ1v) is 3.14. The Morgan fingerprint density at radius 2 is 2.44 bits per heavy atom. The van der Waals surface area contributed by atoms with E-state index in [2.05, 4.69) is 0 Å². The van der Waals surface area contributed by atoms with Crippen molar-refractivity contribution in [2.45, 2.75) is 13.2 Å². The van der Waals surface area contributed by atoms with Gasteiger partial charge in [-0.1, -0.05) is 0 Å². The Hall–Kier alpha value is -0.345. The van der Waals surface area contributed by atoms with Gasteiger partial charge in [0.1, 0.15) is 5.78 Å². The molecule has 0 unspecified atom stereocenters. The van der Waals surface area contributed by atoms with Crippen LogP contribution < -0.4 is 0 Å². The Labute approximate surface area is 54.8 Å². The number of hydrogen-bond donors (Lipinski definition) is 1. The summed E-state index contributed by atoms with van der Waals surface area (Å²) in [5.74, 6) is 0.232. The molecule has 1 saturated heterocycles. The second kappa shape index (κ2) is 2.50. The van der Waals surface area contributed by atoms with Crippen molar-refractivity contribution in [1.82, 2.24) is 4.81 Å². The Bertz CT molecular complexity index is 126. The monoisotopic (exact) mass is 127 g/mol. The highest BCUT2D eigenvalue weighted by Gasteiger charge is 2.24. The average molecular weight is 127 g/mol. The number of carbonyl (C=O) groups excluding carboxylic acids is 1. The summed E-state index contributed by atoms with van der Waals surface area (Å²) in [5, 5.41) is 8.94. The zero-order valence-electron chi connectivity index (χ0n) is 5.50. The lowest BCUT2D eigenvalue weighted by molar-refractivity contribution is -0.116. The summed E-state index contributed by atoms with van der Waals surface area (Å²) in [6.07, 6.45) is 0.602. The normalized spacial score (nSPS) is 20.9. The van der Waals surface area contributed by atoms with E-state index < -0.39 is 7.05 Å². The summed E-state index contributed by atoms with van der Waals surface area (Å²) >= 11 is 0. The fourth-order valence-electron chi connectivity index (χ4n) is 0.972. The Kier molecular flexibility index (Phi) is 1.88. The molecule has 50 valence electrons. The summed E-state index contributed by atoms with van der Waals surface area (Å²) in [6, 6.07) is 0. The molecule has 3 nitrogen and oxygen atoms in total. The van der Waals surface area contributed by atoms with Crippen LogP contribution >= 0.6 is 0 Å². The quantitative estimate of drug-likeness (QED) is 0.476. The maximum absolute atomic E-state index is 10.6. The van der Waals surface area contributed by atoms with E-state index >= 15 is 0 Å². The highest BCUT2D eigenvalue weighted by atomic mass is 16.2. The van der Waals surface area contributed by atoms with Crippen LogP contribution in [0.1, 0.15) is 6.42 Å². The Balaban J connectivity index is 2.39. The van der Waals surface area contributed by atoms with E-state index in [1.165, 1.54) is 0 Å². The number of ketones is 1. The predicted octanol–water partition coefficient (Wildman–Crippen LogP) is -0.629. The zero-order chi connectivity index (χ0) is 6.85.